The number of hydrogen-bond acceptors (Lipinski definition) is 11. The van der Waals surface area contributed by atoms with E-state index in [0.29, 0.717) is 33.4 Å². The third-order valence-electron chi connectivity index (χ3n) is 5.25. The minimum Gasteiger partial charge on any atom is -0.493 e. The molecule has 1 saturated heterocycles. The zero-order chi connectivity index (χ0) is 27.4. The molecule has 2 aromatic carbocycles. The number of nitrogens with zero attached hydrogens (tertiary/aromatic N) is 5. The molecule has 0 atom stereocenters. The van der Waals surface area contributed by atoms with Crippen molar-refractivity contribution in [2.45, 2.75) is 6.92 Å². The molecule has 2 amide bonds. The fourth-order valence-electron chi connectivity index (χ4n) is 3.50. The molecule has 0 saturated carbocycles. The second-order valence-corrected chi connectivity index (χ2v) is 9.71. The van der Waals surface area contributed by atoms with Crippen molar-refractivity contribution in [2.75, 3.05) is 26.6 Å². The van der Waals surface area contributed by atoms with Crippen molar-refractivity contribution >= 4 is 69.1 Å². The van der Waals surface area contributed by atoms with Gasteiger partial charge in [0, 0.05) is 5.69 Å². The van der Waals surface area contributed by atoms with Gasteiger partial charge in [-0.3, -0.25) is 15.0 Å². The molecule has 0 unspecified atom stereocenters. The molecule has 3 aromatic rings. The number of aromatic nitrogens is 4. The molecule has 1 aromatic heterocycles. The summed E-state index contributed by atoms with van der Waals surface area (Å²) < 4.78 is 17.8. The van der Waals surface area contributed by atoms with Crippen LogP contribution in [-0.2, 0) is 9.59 Å². The van der Waals surface area contributed by atoms with Crippen LogP contribution in [0.25, 0.3) is 11.8 Å². The first-order valence-electron chi connectivity index (χ1n) is 10.8. The van der Waals surface area contributed by atoms with Crippen LogP contribution in [0.1, 0.15) is 11.1 Å². The SMILES string of the molecule is COc1cc(/C=C2/SC(=S)N(NC(=S)C(=O)Nc3ccc(-n4cnnn4)c(C)c3)C2=O)cc(OC)c1OC. The van der Waals surface area contributed by atoms with Crippen molar-refractivity contribution in [1.29, 1.82) is 0 Å². The quantitative estimate of drug-likeness (QED) is 0.319. The Hall–Kier alpha value is -4.08. The second kappa shape index (κ2) is 11.5. The highest BCUT2D eigenvalue weighted by atomic mass is 32.2. The standard InChI is InChI=1S/C23H21N7O5S3/c1-12-7-14(5-6-15(12)29-11-24-27-28-29)25-20(31)21(36)26-30-22(32)18(38-23(30)37)10-13-8-16(33-2)19(35-4)17(9-13)34-3/h5-11H,1-4H3,(H,25,31)(H,26,36)/b18-10+. The number of hydrogen-bond donors (Lipinski definition) is 2. The lowest BCUT2D eigenvalue weighted by Gasteiger charge is -2.17. The first-order chi connectivity index (χ1) is 18.2. The number of thioether (sulfide) groups is 1. The largest absolute Gasteiger partial charge is 0.493 e. The van der Waals surface area contributed by atoms with E-state index >= 15 is 0 Å². The zero-order valence-corrected chi connectivity index (χ0v) is 23.0. The Labute approximate surface area is 232 Å². The van der Waals surface area contributed by atoms with Crippen molar-refractivity contribution in [1.82, 2.24) is 30.6 Å². The van der Waals surface area contributed by atoms with E-state index < -0.39 is 11.8 Å². The smallest absolute Gasteiger partial charge is 0.285 e. The summed E-state index contributed by atoms with van der Waals surface area (Å²) in [4.78, 5) is 25.8. The Kier molecular flexibility index (Phi) is 8.19. The maximum Gasteiger partial charge on any atom is 0.285 e. The molecular weight excluding hydrogens is 550 g/mol. The molecule has 4 rings (SSSR count). The molecule has 0 spiro atoms. The summed E-state index contributed by atoms with van der Waals surface area (Å²) >= 11 is 11.6. The van der Waals surface area contributed by atoms with Gasteiger partial charge in [-0.25, -0.2) is 4.68 Å². The van der Waals surface area contributed by atoms with Crippen LogP contribution < -0.4 is 25.0 Å². The Morgan fingerprint density at radius 3 is 2.39 bits per heavy atom. The third-order valence-corrected chi connectivity index (χ3v) is 6.83. The van der Waals surface area contributed by atoms with Crippen LogP contribution >= 0.6 is 36.2 Å². The Morgan fingerprint density at radius 1 is 1.11 bits per heavy atom. The molecule has 1 fully saturated rings. The van der Waals surface area contributed by atoms with E-state index in [2.05, 4.69) is 26.3 Å². The normalized spacial score (nSPS) is 14.0. The van der Waals surface area contributed by atoms with Gasteiger partial charge >= 0.3 is 0 Å². The molecule has 0 aliphatic carbocycles. The molecule has 38 heavy (non-hydrogen) atoms. The lowest BCUT2D eigenvalue weighted by Crippen LogP contribution is -2.48. The van der Waals surface area contributed by atoms with Gasteiger partial charge in [0.25, 0.3) is 11.8 Å². The third kappa shape index (κ3) is 5.58. The predicted octanol–water partition coefficient (Wildman–Crippen LogP) is 2.67. The lowest BCUT2D eigenvalue weighted by atomic mass is 10.1. The molecule has 1 aliphatic heterocycles. The number of nitrogens with one attached hydrogen (secondary N) is 2. The van der Waals surface area contributed by atoms with E-state index in [4.69, 9.17) is 38.6 Å². The molecular formula is C23H21N7O5S3. The van der Waals surface area contributed by atoms with Crippen LogP contribution in [0.4, 0.5) is 5.69 Å². The predicted molar refractivity (Wildman–Crippen MR) is 149 cm³/mol. The maximum atomic E-state index is 13.1. The summed E-state index contributed by atoms with van der Waals surface area (Å²) in [7, 11) is 4.50. The highest BCUT2D eigenvalue weighted by molar-refractivity contribution is 8.26. The summed E-state index contributed by atoms with van der Waals surface area (Å²) in [5, 5.41) is 14.8. The van der Waals surface area contributed by atoms with Gasteiger partial charge in [-0.1, -0.05) is 24.0 Å². The lowest BCUT2D eigenvalue weighted by molar-refractivity contribution is -0.123. The number of carbonyl (C=O) groups excluding carboxylic acids is 2. The number of thiocarbonyl (C=S) groups is 2. The Morgan fingerprint density at radius 2 is 1.82 bits per heavy atom. The molecule has 2 N–H and O–H groups in total. The van der Waals surface area contributed by atoms with Gasteiger partial charge in [0.1, 0.15) is 6.33 Å². The number of anilines is 1. The zero-order valence-electron chi connectivity index (χ0n) is 20.5. The van der Waals surface area contributed by atoms with Crippen molar-refractivity contribution < 1.29 is 23.8 Å². The number of rotatable bonds is 7. The van der Waals surface area contributed by atoms with E-state index in [1.165, 1.54) is 32.3 Å². The van der Waals surface area contributed by atoms with Crippen molar-refractivity contribution in [3.05, 3.63) is 52.7 Å². The van der Waals surface area contributed by atoms with Gasteiger partial charge in [0.05, 0.1) is 31.9 Å². The van der Waals surface area contributed by atoms with Gasteiger partial charge in [-0.05, 0) is 77.1 Å². The summed E-state index contributed by atoms with van der Waals surface area (Å²) in [5.74, 6) is 0.220. The highest BCUT2D eigenvalue weighted by Crippen LogP contribution is 2.40. The number of hydrazine groups is 1. The number of carbonyl (C=O) groups is 2. The van der Waals surface area contributed by atoms with Crippen LogP contribution in [0.3, 0.4) is 0 Å². The minimum atomic E-state index is -0.614. The molecule has 0 radical (unpaired) electrons. The summed E-state index contributed by atoms with van der Waals surface area (Å²) in [6.07, 6.45) is 3.10. The first kappa shape index (κ1) is 27.0. The summed E-state index contributed by atoms with van der Waals surface area (Å²) in [6, 6.07) is 8.59. The van der Waals surface area contributed by atoms with Crippen LogP contribution in [0.15, 0.2) is 41.6 Å². The average Bonchev–Trinajstić information content (AvgIpc) is 3.52. The minimum absolute atomic E-state index is 0.186. The number of amides is 2. The first-order valence-corrected chi connectivity index (χ1v) is 12.4. The van der Waals surface area contributed by atoms with Crippen LogP contribution in [0, 0.1) is 6.92 Å². The number of aryl methyl sites for hydroxylation is 1. The van der Waals surface area contributed by atoms with E-state index in [1.54, 1.807) is 36.4 Å². The molecule has 196 valence electrons. The van der Waals surface area contributed by atoms with Crippen molar-refractivity contribution in [2.24, 2.45) is 0 Å². The fourth-order valence-corrected chi connectivity index (χ4v) is 4.82. The average molecular weight is 572 g/mol. The maximum absolute atomic E-state index is 13.1. The summed E-state index contributed by atoms with van der Waals surface area (Å²) in [6.45, 7) is 1.85. The van der Waals surface area contributed by atoms with E-state index in [1.807, 2.05) is 6.92 Å². The molecule has 0 bridgehead atoms. The van der Waals surface area contributed by atoms with Gasteiger partial charge in [-0.2, -0.15) is 5.01 Å². The molecule has 2 heterocycles. The fraction of sp³-hybridized carbons (Fsp3) is 0.174. The van der Waals surface area contributed by atoms with Crippen molar-refractivity contribution in [3.8, 4) is 22.9 Å². The van der Waals surface area contributed by atoms with Crippen LogP contribution in [0.5, 0.6) is 17.2 Å². The van der Waals surface area contributed by atoms with Gasteiger partial charge in [0.15, 0.2) is 20.8 Å². The summed E-state index contributed by atoms with van der Waals surface area (Å²) in [5.41, 5.74) is 5.33. The monoisotopic (exact) mass is 571 g/mol. The van der Waals surface area contributed by atoms with E-state index in [-0.39, 0.29) is 9.31 Å². The van der Waals surface area contributed by atoms with Crippen LogP contribution in [0.2, 0.25) is 0 Å². The second-order valence-electron chi connectivity index (χ2n) is 7.63. The highest BCUT2D eigenvalue weighted by Gasteiger charge is 2.34. The molecule has 12 nitrogen and oxygen atoms in total. The number of ether oxygens (including phenoxy) is 3. The van der Waals surface area contributed by atoms with E-state index in [9.17, 15) is 9.59 Å². The Balaban J connectivity index is 1.45. The molecule has 1 aliphatic rings. The van der Waals surface area contributed by atoms with E-state index in [0.717, 1.165) is 28.0 Å². The number of methoxy groups -OCH3 is 3. The Bertz CT molecular complexity index is 1430. The number of tetrazole rings is 1. The van der Waals surface area contributed by atoms with Gasteiger partial charge in [0.2, 0.25) is 5.75 Å². The topological polar surface area (TPSA) is 133 Å². The van der Waals surface area contributed by atoms with Crippen molar-refractivity contribution in [3.63, 3.8) is 0 Å². The van der Waals surface area contributed by atoms with Gasteiger partial charge in [-0.15, -0.1) is 5.10 Å². The van der Waals surface area contributed by atoms with Crippen LogP contribution in [-0.4, -0.2) is 67.7 Å². The number of benzene rings is 2. The molecule has 15 heteroatoms. The van der Waals surface area contributed by atoms with Gasteiger partial charge < -0.3 is 19.5 Å².